The highest BCUT2D eigenvalue weighted by molar-refractivity contribution is 5.75. The number of aliphatic hydroxyl groups excluding tert-OH is 1. The van der Waals surface area contributed by atoms with Crippen molar-refractivity contribution < 1.29 is 9.90 Å². The van der Waals surface area contributed by atoms with Gasteiger partial charge < -0.3 is 15.3 Å². The Kier molecular flexibility index (Phi) is 5.10. The van der Waals surface area contributed by atoms with Crippen LogP contribution in [0, 0.1) is 5.92 Å². The van der Waals surface area contributed by atoms with E-state index in [4.69, 9.17) is 0 Å². The number of aromatic nitrogens is 3. The molecule has 0 aliphatic carbocycles. The third-order valence-electron chi connectivity index (χ3n) is 4.54. The van der Waals surface area contributed by atoms with Crippen LogP contribution >= 0.6 is 0 Å². The predicted octanol–water partition coefficient (Wildman–Crippen LogP) is 1.43. The van der Waals surface area contributed by atoms with E-state index in [1.807, 2.05) is 37.3 Å². The second kappa shape index (κ2) is 7.44. The lowest BCUT2D eigenvalue weighted by Crippen LogP contribution is -2.50. The number of likely N-dealkylation sites (tertiary alicyclic amines) is 1. The van der Waals surface area contributed by atoms with Crippen LogP contribution in [0.15, 0.2) is 43.0 Å². The van der Waals surface area contributed by atoms with Crippen molar-refractivity contribution >= 4 is 6.03 Å². The molecule has 0 bridgehead atoms. The number of hydrogen-bond acceptors (Lipinski definition) is 4. The van der Waals surface area contributed by atoms with Crippen LogP contribution in [0.2, 0.25) is 0 Å². The molecule has 24 heavy (non-hydrogen) atoms. The molecule has 3 unspecified atom stereocenters. The topological polar surface area (TPSA) is 83.3 Å². The zero-order chi connectivity index (χ0) is 16.9. The average molecular weight is 329 g/mol. The van der Waals surface area contributed by atoms with Gasteiger partial charge in [0.25, 0.3) is 0 Å². The number of urea groups is 1. The molecule has 0 saturated carbocycles. The molecule has 2 N–H and O–H groups in total. The molecule has 2 aromatic rings. The highest BCUT2D eigenvalue weighted by Gasteiger charge is 2.28. The fraction of sp³-hybridized carbons (Fsp3) is 0.471. The molecule has 3 rings (SSSR count). The summed E-state index contributed by atoms with van der Waals surface area (Å²) in [6, 6.07) is 9.43. The van der Waals surface area contributed by atoms with E-state index in [9.17, 15) is 9.90 Å². The van der Waals surface area contributed by atoms with Crippen molar-refractivity contribution in [3.8, 4) is 0 Å². The molecule has 2 amide bonds. The minimum absolute atomic E-state index is 0.157. The van der Waals surface area contributed by atoms with E-state index in [2.05, 4.69) is 15.4 Å². The minimum Gasteiger partial charge on any atom is -0.391 e. The first-order valence-electron chi connectivity index (χ1n) is 8.24. The van der Waals surface area contributed by atoms with Crippen LogP contribution in [0.25, 0.3) is 0 Å². The van der Waals surface area contributed by atoms with Crippen molar-refractivity contribution in [2.45, 2.75) is 32.0 Å². The van der Waals surface area contributed by atoms with Gasteiger partial charge in [0.05, 0.1) is 18.7 Å². The van der Waals surface area contributed by atoms with E-state index < -0.39 is 6.10 Å². The maximum Gasteiger partial charge on any atom is 0.318 e. The number of carbonyl (C=O) groups is 1. The van der Waals surface area contributed by atoms with Crippen molar-refractivity contribution in [1.29, 1.82) is 0 Å². The molecule has 0 spiro atoms. The van der Waals surface area contributed by atoms with Crippen molar-refractivity contribution in [2.24, 2.45) is 5.92 Å². The van der Waals surface area contributed by atoms with E-state index in [0.717, 1.165) is 12.0 Å². The van der Waals surface area contributed by atoms with Gasteiger partial charge in [-0.05, 0) is 17.9 Å². The molecule has 2 heterocycles. The molecule has 1 fully saturated rings. The van der Waals surface area contributed by atoms with E-state index >= 15 is 0 Å². The van der Waals surface area contributed by atoms with Gasteiger partial charge >= 0.3 is 6.03 Å². The number of nitrogens with zero attached hydrogens (tertiary/aromatic N) is 4. The second-order valence-corrected chi connectivity index (χ2v) is 6.31. The maximum atomic E-state index is 12.6. The summed E-state index contributed by atoms with van der Waals surface area (Å²) in [7, 11) is 0. The lowest BCUT2D eigenvalue weighted by Gasteiger charge is -2.35. The summed E-state index contributed by atoms with van der Waals surface area (Å²) in [6.07, 6.45) is 3.46. The maximum absolute atomic E-state index is 12.6. The largest absolute Gasteiger partial charge is 0.391 e. The average Bonchev–Trinajstić information content (AvgIpc) is 3.10. The Morgan fingerprint density at radius 2 is 2.21 bits per heavy atom. The first-order chi connectivity index (χ1) is 11.6. The summed E-state index contributed by atoms with van der Waals surface area (Å²) in [6.45, 7) is 3.55. The van der Waals surface area contributed by atoms with Crippen LogP contribution in [0.5, 0.6) is 0 Å². The van der Waals surface area contributed by atoms with E-state index in [0.29, 0.717) is 19.6 Å². The molecule has 0 radical (unpaired) electrons. The summed E-state index contributed by atoms with van der Waals surface area (Å²) < 4.78 is 1.70. The van der Waals surface area contributed by atoms with Gasteiger partial charge in [-0.25, -0.2) is 9.78 Å². The predicted molar refractivity (Wildman–Crippen MR) is 89.1 cm³/mol. The Labute approximate surface area is 141 Å². The van der Waals surface area contributed by atoms with Gasteiger partial charge in [0.1, 0.15) is 12.7 Å². The number of aliphatic hydroxyl groups is 1. The van der Waals surface area contributed by atoms with Gasteiger partial charge in [0.2, 0.25) is 0 Å². The first-order valence-corrected chi connectivity index (χ1v) is 8.24. The van der Waals surface area contributed by atoms with Crippen molar-refractivity contribution in [3.05, 3.63) is 48.5 Å². The van der Waals surface area contributed by atoms with Crippen LogP contribution in [0.1, 0.15) is 24.9 Å². The number of piperidine rings is 1. The highest BCUT2D eigenvalue weighted by atomic mass is 16.3. The van der Waals surface area contributed by atoms with Gasteiger partial charge in [0.15, 0.2) is 0 Å². The molecule has 1 aliphatic heterocycles. The molecule has 1 saturated heterocycles. The monoisotopic (exact) mass is 329 g/mol. The quantitative estimate of drug-likeness (QED) is 0.889. The standard InChI is InChI=1S/C17H23N5O2/c1-13-7-8-21(10-16(13)23)17(24)20-15(9-22-12-18-11-19-22)14-5-3-2-4-6-14/h2-6,11-13,15-16,23H,7-10H2,1H3,(H,20,24). The van der Waals surface area contributed by atoms with Gasteiger partial charge in [-0.15, -0.1) is 0 Å². The summed E-state index contributed by atoms with van der Waals surface area (Å²) >= 11 is 0. The molecule has 7 nitrogen and oxygen atoms in total. The third-order valence-corrected chi connectivity index (χ3v) is 4.54. The van der Waals surface area contributed by atoms with Crippen molar-refractivity contribution in [2.75, 3.05) is 13.1 Å². The summed E-state index contributed by atoms with van der Waals surface area (Å²) in [4.78, 5) is 18.3. The van der Waals surface area contributed by atoms with Gasteiger partial charge in [-0.1, -0.05) is 37.3 Å². The fourth-order valence-electron chi connectivity index (χ4n) is 2.91. The van der Waals surface area contributed by atoms with Gasteiger partial charge in [-0.2, -0.15) is 5.10 Å². The number of rotatable bonds is 4. The van der Waals surface area contributed by atoms with E-state index in [-0.39, 0.29) is 18.0 Å². The Bertz CT molecular complexity index is 646. The van der Waals surface area contributed by atoms with Crippen molar-refractivity contribution in [3.63, 3.8) is 0 Å². The number of carbonyl (C=O) groups excluding carboxylic acids is 1. The van der Waals surface area contributed by atoms with Gasteiger partial charge in [-0.3, -0.25) is 4.68 Å². The number of nitrogens with one attached hydrogen (secondary N) is 1. The van der Waals surface area contributed by atoms with Crippen LogP contribution in [0.4, 0.5) is 4.79 Å². The first kappa shape index (κ1) is 16.4. The lowest BCUT2D eigenvalue weighted by atomic mass is 9.96. The zero-order valence-electron chi connectivity index (χ0n) is 13.7. The van der Waals surface area contributed by atoms with E-state index in [1.165, 1.54) is 6.33 Å². The molecule has 128 valence electrons. The smallest absolute Gasteiger partial charge is 0.318 e. The highest BCUT2D eigenvalue weighted by Crippen LogP contribution is 2.19. The molecule has 1 aliphatic rings. The Morgan fingerprint density at radius 1 is 1.42 bits per heavy atom. The second-order valence-electron chi connectivity index (χ2n) is 6.31. The van der Waals surface area contributed by atoms with Crippen LogP contribution in [-0.4, -0.2) is 50.0 Å². The Morgan fingerprint density at radius 3 is 2.88 bits per heavy atom. The molecule has 3 atom stereocenters. The number of amides is 2. The number of β-amino-alcohol motifs (C(OH)–C–C–N with tert-alkyl or cyclic N) is 1. The molecular weight excluding hydrogens is 306 g/mol. The van der Waals surface area contributed by atoms with E-state index in [1.54, 1.807) is 15.9 Å². The van der Waals surface area contributed by atoms with Crippen LogP contribution in [-0.2, 0) is 6.54 Å². The zero-order valence-corrected chi connectivity index (χ0v) is 13.7. The molecule has 1 aromatic carbocycles. The summed E-state index contributed by atoms with van der Waals surface area (Å²) in [5, 5.41) is 17.2. The summed E-state index contributed by atoms with van der Waals surface area (Å²) in [5.41, 5.74) is 1.01. The fourth-order valence-corrected chi connectivity index (χ4v) is 2.91. The SMILES string of the molecule is CC1CCN(C(=O)NC(Cn2cncn2)c2ccccc2)CC1O. The third kappa shape index (κ3) is 3.91. The molecule has 7 heteroatoms. The number of hydrogen-bond donors (Lipinski definition) is 2. The van der Waals surface area contributed by atoms with Crippen LogP contribution in [0.3, 0.4) is 0 Å². The number of benzene rings is 1. The van der Waals surface area contributed by atoms with Gasteiger partial charge in [0, 0.05) is 13.1 Å². The molecular formula is C17H23N5O2. The Balaban J connectivity index is 1.70. The lowest BCUT2D eigenvalue weighted by molar-refractivity contribution is 0.0428. The van der Waals surface area contributed by atoms with Crippen LogP contribution < -0.4 is 5.32 Å². The van der Waals surface area contributed by atoms with Crippen molar-refractivity contribution in [1.82, 2.24) is 25.0 Å². The molecule has 1 aromatic heterocycles. The summed E-state index contributed by atoms with van der Waals surface area (Å²) in [5.74, 6) is 0.231. The Hall–Kier alpha value is -2.41. The minimum atomic E-state index is -0.463. The normalized spacial score (nSPS) is 22.2.